The number of aromatic amines is 1. The third kappa shape index (κ3) is 1.16. The molecule has 1 saturated carbocycles. The highest BCUT2D eigenvalue weighted by Crippen LogP contribution is 2.51. The highest BCUT2D eigenvalue weighted by molar-refractivity contribution is 5.86. The zero-order valence-electron chi connectivity index (χ0n) is 8.58. The molecule has 0 spiro atoms. The Kier molecular flexibility index (Phi) is 1.62. The summed E-state index contributed by atoms with van der Waals surface area (Å²) in [5, 5.41) is 11.3. The predicted octanol–water partition coefficient (Wildman–Crippen LogP) is 2.16. The van der Waals surface area contributed by atoms with Crippen molar-refractivity contribution in [3.05, 3.63) is 30.0 Å². The van der Waals surface area contributed by atoms with Crippen molar-refractivity contribution in [3.63, 3.8) is 0 Å². The van der Waals surface area contributed by atoms with Gasteiger partial charge in [0.2, 0.25) is 0 Å². The molecule has 1 aliphatic rings. The molecule has 0 unspecified atom stereocenters. The summed E-state index contributed by atoms with van der Waals surface area (Å²) in [7, 11) is 1.64. The standard InChI is InChI=1S/C12H13NO2/c1-15-10-3-2-9-8(4-7-13-9)11(10)12(14)5-6-12/h2-4,7,13-14H,5-6H2,1H3. The fourth-order valence-electron chi connectivity index (χ4n) is 2.13. The van der Waals surface area contributed by atoms with Gasteiger partial charge >= 0.3 is 0 Å². The fraction of sp³-hybridized carbons (Fsp3) is 0.333. The molecule has 1 aromatic heterocycles. The van der Waals surface area contributed by atoms with Gasteiger partial charge in [-0.05, 0) is 31.0 Å². The van der Waals surface area contributed by atoms with Crippen LogP contribution in [-0.4, -0.2) is 17.2 Å². The van der Waals surface area contributed by atoms with E-state index in [0.717, 1.165) is 35.1 Å². The maximum absolute atomic E-state index is 10.2. The van der Waals surface area contributed by atoms with Crippen molar-refractivity contribution >= 4 is 10.9 Å². The zero-order valence-corrected chi connectivity index (χ0v) is 8.58. The summed E-state index contributed by atoms with van der Waals surface area (Å²) in [6.45, 7) is 0. The van der Waals surface area contributed by atoms with Crippen molar-refractivity contribution in [2.45, 2.75) is 18.4 Å². The molecular weight excluding hydrogens is 190 g/mol. The quantitative estimate of drug-likeness (QED) is 0.785. The van der Waals surface area contributed by atoms with Crippen LogP contribution in [0.5, 0.6) is 5.75 Å². The van der Waals surface area contributed by atoms with Gasteiger partial charge in [0, 0.05) is 22.7 Å². The van der Waals surface area contributed by atoms with E-state index in [0.29, 0.717) is 0 Å². The van der Waals surface area contributed by atoms with Crippen molar-refractivity contribution in [1.82, 2.24) is 4.98 Å². The molecule has 15 heavy (non-hydrogen) atoms. The molecule has 0 radical (unpaired) electrons. The maximum Gasteiger partial charge on any atom is 0.125 e. The molecule has 0 atom stereocenters. The monoisotopic (exact) mass is 203 g/mol. The summed E-state index contributed by atoms with van der Waals surface area (Å²) >= 11 is 0. The van der Waals surface area contributed by atoms with Crippen LogP contribution in [0.1, 0.15) is 18.4 Å². The van der Waals surface area contributed by atoms with E-state index in [1.807, 2.05) is 24.4 Å². The first-order chi connectivity index (χ1) is 7.24. The van der Waals surface area contributed by atoms with Crippen molar-refractivity contribution < 1.29 is 9.84 Å². The van der Waals surface area contributed by atoms with Crippen LogP contribution < -0.4 is 4.74 Å². The summed E-state index contributed by atoms with van der Waals surface area (Å²) in [5.41, 5.74) is 1.32. The van der Waals surface area contributed by atoms with E-state index in [4.69, 9.17) is 4.74 Å². The fourth-order valence-corrected chi connectivity index (χ4v) is 2.13. The Balaban J connectivity index is 2.34. The lowest BCUT2D eigenvalue weighted by Gasteiger charge is -2.14. The molecule has 0 amide bonds. The minimum absolute atomic E-state index is 0.660. The van der Waals surface area contributed by atoms with Crippen LogP contribution in [0.4, 0.5) is 0 Å². The Hall–Kier alpha value is -1.48. The summed E-state index contributed by atoms with van der Waals surface area (Å²) in [6.07, 6.45) is 3.54. The molecule has 0 aliphatic heterocycles. The molecular formula is C12H13NO2. The average molecular weight is 203 g/mol. The number of hydrogen-bond donors (Lipinski definition) is 2. The third-order valence-electron chi connectivity index (χ3n) is 3.10. The number of aliphatic hydroxyl groups is 1. The summed E-state index contributed by atoms with van der Waals surface area (Å²) in [4.78, 5) is 3.14. The van der Waals surface area contributed by atoms with Crippen molar-refractivity contribution in [2.75, 3.05) is 7.11 Å². The molecule has 2 N–H and O–H groups in total. The van der Waals surface area contributed by atoms with Gasteiger partial charge in [0.1, 0.15) is 5.75 Å². The number of methoxy groups -OCH3 is 1. The van der Waals surface area contributed by atoms with Crippen LogP contribution in [0.15, 0.2) is 24.4 Å². The van der Waals surface area contributed by atoms with Gasteiger partial charge in [0.15, 0.2) is 0 Å². The molecule has 0 bridgehead atoms. The van der Waals surface area contributed by atoms with E-state index in [1.165, 1.54) is 0 Å². The highest BCUT2D eigenvalue weighted by Gasteiger charge is 2.45. The molecule has 1 aromatic carbocycles. The van der Waals surface area contributed by atoms with Crippen LogP contribution in [-0.2, 0) is 5.60 Å². The van der Waals surface area contributed by atoms with Gasteiger partial charge in [-0.3, -0.25) is 0 Å². The van der Waals surface area contributed by atoms with E-state index in [1.54, 1.807) is 7.11 Å². The van der Waals surface area contributed by atoms with E-state index in [2.05, 4.69) is 4.98 Å². The lowest BCUT2D eigenvalue weighted by atomic mass is 10.0. The average Bonchev–Trinajstić information content (AvgIpc) is 2.82. The number of rotatable bonds is 2. The maximum atomic E-state index is 10.2. The van der Waals surface area contributed by atoms with E-state index < -0.39 is 5.60 Å². The van der Waals surface area contributed by atoms with Gasteiger partial charge in [0.05, 0.1) is 12.7 Å². The first-order valence-corrected chi connectivity index (χ1v) is 5.11. The van der Waals surface area contributed by atoms with Gasteiger partial charge in [-0.15, -0.1) is 0 Å². The molecule has 1 aliphatic carbocycles. The number of benzene rings is 1. The van der Waals surface area contributed by atoms with Gasteiger partial charge in [-0.25, -0.2) is 0 Å². The SMILES string of the molecule is COc1ccc2[nH]ccc2c1C1(O)CC1. The molecule has 1 fully saturated rings. The summed E-state index contributed by atoms with van der Waals surface area (Å²) < 4.78 is 5.32. The zero-order chi connectivity index (χ0) is 10.5. The largest absolute Gasteiger partial charge is 0.496 e. The Morgan fingerprint density at radius 1 is 1.33 bits per heavy atom. The molecule has 2 aromatic rings. The van der Waals surface area contributed by atoms with Crippen LogP contribution >= 0.6 is 0 Å². The summed E-state index contributed by atoms with van der Waals surface area (Å²) in [6, 6.07) is 5.87. The molecule has 3 nitrogen and oxygen atoms in total. The van der Waals surface area contributed by atoms with Crippen LogP contribution in [0.3, 0.4) is 0 Å². The van der Waals surface area contributed by atoms with E-state index in [9.17, 15) is 5.11 Å². The Morgan fingerprint density at radius 3 is 2.80 bits per heavy atom. The highest BCUT2D eigenvalue weighted by atomic mass is 16.5. The van der Waals surface area contributed by atoms with Gasteiger partial charge < -0.3 is 14.8 Å². The number of ether oxygens (including phenoxy) is 1. The van der Waals surface area contributed by atoms with Crippen LogP contribution in [0.25, 0.3) is 10.9 Å². The van der Waals surface area contributed by atoms with Gasteiger partial charge in [-0.2, -0.15) is 0 Å². The van der Waals surface area contributed by atoms with Crippen molar-refractivity contribution in [3.8, 4) is 5.75 Å². The second-order valence-electron chi connectivity index (χ2n) is 4.11. The molecule has 1 heterocycles. The van der Waals surface area contributed by atoms with Gasteiger partial charge in [-0.1, -0.05) is 0 Å². The first-order valence-electron chi connectivity index (χ1n) is 5.11. The molecule has 3 rings (SSSR count). The first kappa shape index (κ1) is 8.80. The minimum atomic E-state index is -0.660. The Morgan fingerprint density at radius 2 is 2.13 bits per heavy atom. The van der Waals surface area contributed by atoms with Gasteiger partial charge in [0.25, 0.3) is 0 Å². The lowest BCUT2D eigenvalue weighted by molar-refractivity contribution is 0.149. The second kappa shape index (κ2) is 2.76. The number of nitrogens with one attached hydrogen (secondary N) is 1. The Bertz CT molecular complexity index is 511. The predicted molar refractivity (Wildman–Crippen MR) is 58.0 cm³/mol. The topological polar surface area (TPSA) is 45.2 Å². The van der Waals surface area contributed by atoms with E-state index in [-0.39, 0.29) is 0 Å². The third-order valence-corrected chi connectivity index (χ3v) is 3.10. The lowest BCUT2D eigenvalue weighted by Crippen LogP contribution is -2.07. The van der Waals surface area contributed by atoms with E-state index >= 15 is 0 Å². The molecule has 78 valence electrons. The van der Waals surface area contributed by atoms with Crippen LogP contribution in [0.2, 0.25) is 0 Å². The number of fused-ring (bicyclic) bond motifs is 1. The minimum Gasteiger partial charge on any atom is -0.496 e. The summed E-state index contributed by atoms with van der Waals surface area (Å²) in [5.74, 6) is 0.780. The number of aromatic nitrogens is 1. The van der Waals surface area contributed by atoms with Crippen LogP contribution in [0, 0.1) is 0 Å². The molecule has 3 heteroatoms. The number of H-pyrrole nitrogens is 1. The van der Waals surface area contributed by atoms with Crippen molar-refractivity contribution in [1.29, 1.82) is 0 Å². The smallest absolute Gasteiger partial charge is 0.125 e. The second-order valence-corrected chi connectivity index (χ2v) is 4.11. The van der Waals surface area contributed by atoms with Crippen molar-refractivity contribution in [2.24, 2.45) is 0 Å². The Labute approximate surface area is 87.7 Å². The number of hydrogen-bond acceptors (Lipinski definition) is 2. The normalized spacial score (nSPS) is 18.0. The molecule has 0 saturated heterocycles.